The third kappa shape index (κ3) is 5.87. The zero-order valence-corrected chi connectivity index (χ0v) is 14.8. The molecule has 7 nitrogen and oxygen atoms in total. The Morgan fingerprint density at radius 3 is 2.88 bits per heavy atom. The molecule has 0 atom stereocenters. The molecule has 0 bridgehead atoms. The number of piperidine rings is 1. The largest absolute Gasteiger partial charge is 0.481 e. The molecule has 0 aliphatic carbocycles. The van der Waals surface area contributed by atoms with E-state index in [0.29, 0.717) is 19.6 Å². The lowest BCUT2D eigenvalue weighted by molar-refractivity contribution is -0.147. The smallest absolute Gasteiger partial charge is 0.309 e. The van der Waals surface area contributed by atoms with Crippen LogP contribution in [-0.2, 0) is 22.5 Å². The molecule has 2 heterocycles. The second-order valence-corrected chi connectivity index (χ2v) is 7.23. The molecule has 0 aromatic carbocycles. The summed E-state index contributed by atoms with van der Waals surface area (Å²) in [4.78, 5) is 11.2. The van der Waals surface area contributed by atoms with Gasteiger partial charge in [-0.25, -0.2) is 4.68 Å². The molecule has 0 unspecified atom stereocenters. The van der Waals surface area contributed by atoms with Crippen LogP contribution in [0.25, 0.3) is 0 Å². The van der Waals surface area contributed by atoms with Crippen LogP contribution in [-0.4, -0.2) is 52.4 Å². The fourth-order valence-electron chi connectivity index (χ4n) is 2.85. The van der Waals surface area contributed by atoms with Crippen LogP contribution in [0.5, 0.6) is 0 Å². The van der Waals surface area contributed by atoms with E-state index in [1.54, 1.807) is 24.7 Å². The van der Waals surface area contributed by atoms with Crippen molar-refractivity contribution in [3.63, 3.8) is 0 Å². The molecule has 0 spiro atoms. The number of hydrogen-bond donors (Lipinski definition) is 2. The standard InChI is InChI=1S/C17H30N4O3/c1-17(2,16(22)23)7-10-21-15(13-19-20-21)6-12-24-11-5-14-3-8-18-9-4-14/h13-14,18H,3-12H2,1-2H3,(H,22,23). The lowest BCUT2D eigenvalue weighted by Gasteiger charge is -2.22. The Kier molecular flexibility index (Phi) is 7.17. The van der Waals surface area contributed by atoms with E-state index in [0.717, 1.165) is 44.1 Å². The Bertz CT molecular complexity index is 510. The van der Waals surface area contributed by atoms with Gasteiger partial charge in [-0.05, 0) is 58.5 Å². The highest BCUT2D eigenvalue weighted by atomic mass is 16.5. The number of aryl methyl sites for hydroxylation is 1. The van der Waals surface area contributed by atoms with Crippen molar-refractivity contribution in [3.05, 3.63) is 11.9 Å². The summed E-state index contributed by atoms with van der Waals surface area (Å²) in [6.45, 7) is 7.73. The molecular weight excluding hydrogens is 308 g/mol. The van der Waals surface area contributed by atoms with Crippen molar-refractivity contribution in [1.82, 2.24) is 20.3 Å². The number of aliphatic carboxylic acids is 1. The van der Waals surface area contributed by atoms with Gasteiger partial charge in [0.1, 0.15) is 0 Å². The normalized spacial score (nSPS) is 16.4. The van der Waals surface area contributed by atoms with Crippen molar-refractivity contribution >= 4 is 5.97 Å². The van der Waals surface area contributed by atoms with Crippen LogP contribution in [0, 0.1) is 11.3 Å². The lowest BCUT2D eigenvalue weighted by Crippen LogP contribution is -2.28. The van der Waals surface area contributed by atoms with E-state index in [-0.39, 0.29) is 0 Å². The Hall–Kier alpha value is -1.47. The van der Waals surface area contributed by atoms with Crippen molar-refractivity contribution in [2.24, 2.45) is 11.3 Å². The summed E-state index contributed by atoms with van der Waals surface area (Å²) in [5.41, 5.74) is 0.243. The molecule has 0 radical (unpaired) electrons. The first-order chi connectivity index (χ1) is 11.5. The van der Waals surface area contributed by atoms with Gasteiger partial charge in [0.05, 0.1) is 23.9 Å². The molecule has 2 rings (SSSR count). The summed E-state index contributed by atoms with van der Waals surface area (Å²) in [5.74, 6) is 0.00195. The molecule has 1 aliphatic rings. The number of nitrogens with one attached hydrogen (secondary N) is 1. The minimum atomic E-state index is -0.787. The van der Waals surface area contributed by atoms with Crippen molar-refractivity contribution in [2.45, 2.75) is 52.5 Å². The van der Waals surface area contributed by atoms with Gasteiger partial charge < -0.3 is 15.2 Å². The summed E-state index contributed by atoms with van der Waals surface area (Å²) < 4.78 is 7.56. The van der Waals surface area contributed by atoms with Gasteiger partial charge in [0.2, 0.25) is 0 Å². The molecule has 2 N–H and O–H groups in total. The number of aromatic nitrogens is 3. The first-order valence-electron chi connectivity index (χ1n) is 8.88. The van der Waals surface area contributed by atoms with Crippen molar-refractivity contribution in [3.8, 4) is 0 Å². The molecule has 24 heavy (non-hydrogen) atoms. The highest BCUT2D eigenvalue weighted by Gasteiger charge is 2.27. The number of hydrogen-bond acceptors (Lipinski definition) is 5. The summed E-state index contributed by atoms with van der Waals surface area (Å²) in [6, 6.07) is 0. The maximum atomic E-state index is 11.2. The van der Waals surface area contributed by atoms with Crippen LogP contribution in [0.15, 0.2) is 6.20 Å². The average molecular weight is 338 g/mol. The van der Waals surface area contributed by atoms with Crippen LogP contribution >= 0.6 is 0 Å². The number of carbonyl (C=O) groups is 1. The summed E-state index contributed by atoms with van der Waals surface area (Å²) in [5, 5.41) is 20.6. The fraction of sp³-hybridized carbons (Fsp3) is 0.824. The third-order valence-electron chi connectivity index (χ3n) is 4.86. The van der Waals surface area contributed by atoms with Gasteiger partial charge in [-0.3, -0.25) is 4.79 Å². The van der Waals surface area contributed by atoms with Crippen molar-refractivity contribution < 1.29 is 14.6 Å². The van der Waals surface area contributed by atoms with Gasteiger partial charge in [-0.15, -0.1) is 5.10 Å². The van der Waals surface area contributed by atoms with Gasteiger partial charge in [-0.2, -0.15) is 0 Å². The maximum absolute atomic E-state index is 11.2. The van der Waals surface area contributed by atoms with Crippen molar-refractivity contribution in [1.29, 1.82) is 0 Å². The Labute approximate surface area is 143 Å². The van der Waals surface area contributed by atoms with Crippen LogP contribution in [0.1, 0.15) is 45.2 Å². The van der Waals surface area contributed by atoms with Gasteiger partial charge in [0.15, 0.2) is 0 Å². The van der Waals surface area contributed by atoms with Crippen LogP contribution in [0.2, 0.25) is 0 Å². The van der Waals surface area contributed by atoms with E-state index >= 15 is 0 Å². The third-order valence-corrected chi connectivity index (χ3v) is 4.86. The van der Waals surface area contributed by atoms with Crippen molar-refractivity contribution in [2.75, 3.05) is 26.3 Å². The van der Waals surface area contributed by atoms with Crippen LogP contribution < -0.4 is 5.32 Å². The minimum absolute atomic E-state index is 0.523. The minimum Gasteiger partial charge on any atom is -0.481 e. The Morgan fingerprint density at radius 1 is 1.42 bits per heavy atom. The first kappa shape index (κ1) is 18.9. The molecule has 1 aromatic rings. The van der Waals surface area contributed by atoms with Gasteiger partial charge in [0.25, 0.3) is 0 Å². The number of rotatable bonds is 10. The molecule has 0 saturated carbocycles. The molecular formula is C17H30N4O3. The fourth-order valence-corrected chi connectivity index (χ4v) is 2.85. The molecule has 136 valence electrons. The van der Waals surface area contributed by atoms with E-state index in [9.17, 15) is 9.90 Å². The molecule has 1 fully saturated rings. The molecule has 7 heteroatoms. The second kappa shape index (κ2) is 9.13. The van der Waals surface area contributed by atoms with Gasteiger partial charge >= 0.3 is 5.97 Å². The number of ether oxygens (including phenoxy) is 1. The Balaban J connectivity index is 1.66. The van der Waals surface area contributed by atoms with E-state index in [1.807, 2.05) is 0 Å². The highest BCUT2D eigenvalue weighted by molar-refractivity contribution is 5.73. The summed E-state index contributed by atoms with van der Waals surface area (Å²) in [7, 11) is 0. The molecule has 0 amide bonds. The quantitative estimate of drug-likeness (QED) is 0.632. The molecule has 1 aliphatic heterocycles. The predicted molar refractivity (Wildman–Crippen MR) is 90.8 cm³/mol. The molecule has 1 saturated heterocycles. The number of carboxylic acid groups (broad SMARTS) is 1. The van der Waals surface area contributed by atoms with E-state index in [4.69, 9.17) is 4.74 Å². The van der Waals surface area contributed by atoms with Gasteiger partial charge in [0, 0.05) is 19.6 Å². The number of nitrogens with zero attached hydrogens (tertiary/aromatic N) is 3. The predicted octanol–water partition coefficient (Wildman–Crippen LogP) is 1.73. The topological polar surface area (TPSA) is 89.3 Å². The van der Waals surface area contributed by atoms with Crippen LogP contribution in [0.3, 0.4) is 0 Å². The van der Waals surface area contributed by atoms with E-state index < -0.39 is 11.4 Å². The lowest BCUT2D eigenvalue weighted by atomic mass is 9.90. The average Bonchev–Trinajstić information content (AvgIpc) is 3.01. The first-order valence-corrected chi connectivity index (χ1v) is 8.88. The zero-order chi connectivity index (χ0) is 17.4. The van der Waals surface area contributed by atoms with E-state index in [1.165, 1.54) is 12.8 Å². The van der Waals surface area contributed by atoms with E-state index in [2.05, 4.69) is 15.6 Å². The highest BCUT2D eigenvalue weighted by Crippen LogP contribution is 2.21. The zero-order valence-electron chi connectivity index (χ0n) is 14.8. The second-order valence-electron chi connectivity index (χ2n) is 7.23. The SMILES string of the molecule is CC(C)(CCn1nncc1CCOCCC1CCNCC1)C(=O)O. The van der Waals surface area contributed by atoms with Gasteiger partial charge in [-0.1, -0.05) is 5.21 Å². The summed E-state index contributed by atoms with van der Waals surface area (Å²) >= 11 is 0. The Morgan fingerprint density at radius 2 is 2.17 bits per heavy atom. The monoisotopic (exact) mass is 338 g/mol. The molecule has 1 aromatic heterocycles. The maximum Gasteiger partial charge on any atom is 0.309 e. The van der Waals surface area contributed by atoms with Crippen LogP contribution in [0.4, 0.5) is 0 Å². The number of carboxylic acids is 1. The summed E-state index contributed by atoms with van der Waals surface area (Å²) in [6.07, 6.45) is 6.65.